The maximum atomic E-state index is 13.6. The van der Waals surface area contributed by atoms with E-state index in [2.05, 4.69) is 18.7 Å². The van der Waals surface area contributed by atoms with Gasteiger partial charge in [0.1, 0.15) is 5.76 Å². The summed E-state index contributed by atoms with van der Waals surface area (Å²) >= 11 is 0. The number of benzene rings is 3. The van der Waals surface area contributed by atoms with Gasteiger partial charge < -0.3 is 19.5 Å². The van der Waals surface area contributed by atoms with Crippen molar-refractivity contribution in [2.45, 2.75) is 33.7 Å². The van der Waals surface area contributed by atoms with Crippen LogP contribution in [0.3, 0.4) is 0 Å². The lowest BCUT2D eigenvalue weighted by Crippen LogP contribution is -2.30. The normalized spacial score (nSPS) is 16.6. The Morgan fingerprint density at radius 2 is 1.55 bits per heavy atom. The summed E-state index contributed by atoms with van der Waals surface area (Å²) < 4.78 is 10.7. The van der Waals surface area contributed by atoms with Crippen LogP contribution in [0.5, 0.6) is 11.5 Å². The largest absolute Gasteiger partial charge is 0.507 e. The highest BCUT2D eigenvalue weighted by atomic mass is 16.5. The molecular formula is C31H34N2O5. The van der Waals surface area contributed by atoms with Gasteiger partial charge in [-0.1, -0.05) is 24.3 Å². The van der Waals surface area contributed by atoms with Gasteiger partial charge in [-0.25, -0.2) is 0 Å². The first-order chi connectivity index (χ1) is 18.2. The van der Waals surface area contributed by atoms with Crippen LogP contribution in [0.2, 0.25) is 0 Å². The molecule has 0 bridgehead atoms. The monoisotopic (exact) mass is 514 g/mol. The van der Waals surface area contributed by atoms with Gasteiger partial charge in [-0.05, 0) is 80.8 Å². The van der Waals surface area contributed by atoms with Crippen molar-refractivity contribution in [2.75, 3.05) is 37.1 Å². The Bertz CT molecular complexity index is 1390. The van der Waals surface area contributed by atoms with Gasteiger partial charge in [0.2, 0.25) is 0 Å². The minimum atomic E-state index is -0.811. The van der Waals surface area contributed by atoms with Gasteiger partial charge in [0.15, 0.2) is 11.5 Å². The summed E-state index contributed by atoms with van der Waals surface area (Å²) in [4.78, 5) is 30.8. The first-order valence-corrected chi connectivity index (χ1v) is 12.7. The van der Waals surface area contributed by atoms with Crippen LogP contribution in [0.1, 0.15) is 42.1 Å². The first-order valence-electron chi connectivity index (χ1n) is 12.7. The molecule has 0 spiro atoms. The number of hydrogen-bond donors (Lipinski definition) is 1. The molecule has 1 aliphatic heterocycles. The average Bonchev–Trinajstić information content (AvgIpc) is 3.20. The summed E-state index contributed by atoms with van der Waals surface area (Å²) in [7, 11) is 3.02. The molecular weight excluding hydrogens is 480 g/mol. The zero-order valence-corrected chi connectivity index (χ0v) is 22.7. The van der Waals surface area contributed by atoms with Gasteiger partial charge in [-0.2, -0.15) is 0 Å². The Morgan fingerprint density at radius 1 is 0.895 bits per heavy atom. The predicted octanol–water partition coefficient (Wildman–Crippen LogP) is 5.79. The summed E-state index contributed by atoms with van der Waals surface area (Å²) in [5, 5.41) is 11.5. The van der Waals surface area contributed by atoms with Crippen molar-refractivity contribution in [3.8, 4) is 11.5 Å². The number of hydrogen-bond acceptors (Lipinski definition) is 6. The fourth-order valence-electron chi connectivity index (χ4n) is 4.97. The number of aryl methyl sites for hydroxylation is 2. The molecule has 0 aliphatic carbocycles. The molecule has 4 rings (SSSR count). The van der Waals surface area contributed by atoms with Crippen LogP contribution in [0.15, 0.2) is 66.2 Å². The second-order valence-electron chi connectivity index (χ2n) is 9.29. The fourth-order valence-corrected chi connectivity index (χ4v) is 4.97. The summed E-state index contributed by atoms with van der Waals surface area (Å²) in [6.07, 6.45) is 0. The van der Waals surface area contributed by atoms with Crippen LogP contribution in [-0.4, -0.2) is 44.1 Å². The highest BCUT2D eigenvalue weighted by molar-refractivity contribution is 6.51. The summed E-state index contributed by atoms with van der Waals surface area (Å²) in [6.45, 7) is 9.75. The quantitative estimate of drug-likeness (QED) is 0.233. The zero-order chi connectivity index (χ0) is 27.6. The van der Waals surface area contributed by atoms with Crippen molar-refractivity contribution in [2.24, 2.45) is 0 Å². The van der Waals surface area contributed by atoms with Crippen LogP contribution in [-0.2, 0) is 9.59 Å². The minimum Gasteiger partial charge on any atom is -0.507 e. The third-order valence-corrected chi connectivity index (χ3v) is 7.06. The molecule has 1 saturated heterocycles. The molecule has 1 heterocycles. The topological polar surface area (TPSA) is 79.3 Å². The molecule has 3 aromatic carbocycles. The maximum absolute atomic E-state index is 13.6. The van der Waals surface area contributed by atoms with E-state index in [0.29, 0.717) is 22.7 Å². The van der Waals surface area contributed by atoms with Gasteiger partial charge in [0, 0.05) is 30.0 Å². The number of anilines is 2. The van der Waals surface area contributed by atoms with E-state index in [9.17, 15) is 14.7 Å². The lowest BCUT2D eigenvalue weighted by Gasteiger charge is -2.28. The van der Waals surface area contributed by atoms with Crippen molar-refractivity contribution in [1.29, 1.82) is 0 Å². The molecule has 1 amide bonds. The Balaban J connectivity index is 1.94. The van der Waals surface area contributed by atoms with Gasteiger partial charge in [0.25, 0.3) is 11.7 Å². The number of aliphatic hydroxyl groups is 1. The molecule has 198 valence electrons. The summed E-state index contributed by atoms with van der Waals surface area (Å²) in [5.74, 6) is -0.798. The van der Waals surface area contributed by atoms with Gasteiger partial charge >= 0.3 is 0 Å². The number of ketones is 1. The van der Waals surface area contributed by atoms with Crippen LogP contribution in [0.25, 0.3) is 5.76 Å². The first kappa shape index (κ1) is 26.8. The van der Waals surface area contributed by atoms with E-state index in [1.165, 1.54) is 19.1 Å². The van der Waals surface area contributed by atoms with Crippen LogP contribution in [0, 0.1) is 13.8 Å². The van der Waals surface area contributed by atoms with Crippen molar-refractivity contribution in [3.05, 3.63) is 88.5 Å². The molecule has 1 unspecified atom stereocenters. The Kier molecular flexibility index (Phi) is 7.76. The fraction of sp³-hybridized carbons (Fsp3) is 0.290. The van der Waals surface area contributed by atoms with Crippen molar-refractivity contribution < 1.29 is 24.2 Å². The number of rotatable bonds is 8. The number of methoxy groups -OCH3 is 2. The molecule has 1 atom stereocenters. The molecule has 0 radical (unpaired) electrons. The molecule has 1 fully saturated rings. The summed E-state index contributed by atoms with van der Waals surface area (Å²) in [5.41, 5.74) is 4.60. The van der Waals surface area contributed by atoms with E-state index >= 15 is 0 Å². The van der Waals surface area contributed by atoms with Gasteiger partial charge in [-0.15, -0.1) is 0 Å². The summed E-state index contributed by atoms with van der Waals surface area (Å²) in [6, 6.07) is 17.7. The van der Waals surface area contributed by atoms with Crippen molar-refractivity contribution in [1.82, 2.24) is 0 Å². The highest BCUT2D eigenvalue weighted by Gasteiger charge is 2.47. The molecule has 7 heteroatoms. The van der Waals surface area contributed by atoms with Crippen molar-refractivity contribution in [3.63, 3.8) is 0 Å². The Morgan fingerprint density at radius 3 is 2.16 bits per heavy atom. The standard InChI is InChI=1S/C31H34N2O5/c1-7-32(8-2)23-14-11-21(12-15-23)28-27(29(34)22-13-16-25(37-5)26(18-22)38-6)30(35)31(36)33(28)24-17-19(3)9-10-20(24)4/h9-18,28,34H,7-8H2,1-6H3/b29-27-. The Labute approximate surface area is 223 Å². The number of amides is 1. The molecule has 0 aromatic heterocycles. The van der Waals surface area contributed by atoms with E-state index in [-0.39, 0.29) is 11.3 Å². The van der Waals surface area contributed by atoms with E-state index < -0.39 is 17.7 Å². The lowest BCUT2D eigenvalue weighted by molar-refractivity contribution is -0.132. The number of nitrogens with zero attached hydrogens (tertiary/aromatic N) is 2. The zero-order valence-electron chi connectivity index (χ0n) is 22.7. The average molecular weight is 515 g/mol. The van der Waals surface area contributed by atoms with Crippen molar-refractivity contribution >= 4 is 28.8 Å². The number of aliphatic hydroxyl groups excluding tert-OH is 1. The third-order valence-electron chi connectivity index (χ3n) is 7.06. The number of Topliss-reactive ketones (excluding diaryl/α,β-unsaturated/α-hetero) is 1. The molecule has 3 aromatic rings. The lowest BCUT2D eigenvalue weighted by atomic mass is 9.94. The number of carbonyl (C=O) groups is 2. The smallest absolute Gasteiger partial charge is 0.300 e. The predicted molar refractivity (Wildman–Crippen MR) is 150 cm³/mol. The van der Waals surface area contributed by atoms with E-state index in [0.717, 1.165) is 35.5 Å². The number of carbonyl (C=O) groups excluding carboxylic acids is 2. The SMILES string of the molecule is CCN(CC)c1ccc(C2/C(=C(/O)c3ccc(OC)c(OC)c3)C(=O)C(=O)N2c2cc(C)ccc2C)cc1. The molecule has 1 aliphatic rings. The van der Waals surface area contributed by atoms with E-state index in [1.54, 1.807) is 18.2 Å². The van der Waals surface area contributed by atoms with Crippen LogP contribution in [0.4, 0.5) is 11.4 Å². The van der Waals surface area contributed by atoms with Gasteiger partial charge in [0.05, 0.1) is 25.8 Å². The molecule has 7 nitrogen and oxygen atoms in total. The van der Waals surface area contributed by atoms with E-state index in [1.807, 2.05) is 56.3 Å². The second-order valence-corrected chi connectivity index (χ2v) is 9.29. The van der Waals surface area contributed by atoms with E-state index in [4.69, 9.17) is 9.47 Å². The minimum absolute atomic E-state index is 0.0266. The van der Waals surface area contributed by atoms with Crippen LogP contribution >= 0.6 is 0 Å². The molecule has 38 heavy (non-hydrogen) atoms. The van der Waals surface area contributed by atoms with Gasteiger partial charge in [-0.3, -0.25) is 14.5 Å². The van der Waals surface area contributed by atoms with Crippen LogP contribution < -0.4 is 19.3 Å². The molecule has 1 N–H and O–H groups in total. The highest BCUT2D eigenvalue weighted by Crippen LogP contribution is 2.44. The Hall–Kier alpha value is -4.26. The second kappa shape index (κ2) is 11.0. The third kappa shape index (κ3) is 4.72. The molecule has 0 saturated carbocycles. The maximum Gasteiger partial charge on any atom is 0.300 e. The number of ether oxygens (including phenoxy) is 2.